The molecule has 0 aliphatic carbocycles. The number of hydrogen-bond donors (Lipinski definition) is 1. The van der Waals surface area contributed by atoms with Crippen molar-refractivity contribution in [3.8, 4) is 11.8 Å². The van der Waals surface area contributed by atoms with E-state index in [2.05, 4.69) is 16.6 Å². The Morgan fingerprint density at radius 2 is 1.02 bits per heavy atom. The van der Waals surface area contributed by atoms with E-state index < -0.39 is 40.5 Å². The van der Waals surface area contributed by atoms with Crippen molar-refractivity contribution in [1.29, 1.82) is 0 Å². The minimum absolute atomic E-state index is 0.157. The van der Waals surface area contributed by atoms with Crippen LogP contribution in [0.4, 0.5) is 5.69 Å². The number of ether oxygens (including phenoxy) is 5. The molecule has 0 saturated carbocycles. The van der Waals surface area contributed by atoms with Crippen LogP contribution in [0.15, 0.2) is 175 Å². The molecule has 296 valence electrons. The Balaban J connectivity index is 1.24. The van der Waals surface area contributed by atoms with Gasteiger partial charge in [0.1, 0.15) is 30.5 Å². The number of sulfonamides is 1. The zero-order valence-electron chi connectivity index (χ0n) is 32.4. The Labute approximate surface area is 341 Å². The second kappa shape index (κ2) is 20.2. The lowest BCUT2D eigenvalue weighted by Crippen LogP contribution is -2.60. The number of rotatable bonds is 16. The van der Waals surface area contributed by atoms with Crippen LogP contribution in [0.5, 0.6) is 0 Å². The molecule has 5 atom stereocenters. The lowest BCUT2D eigenvalue weighted by molar-refractivity contribution is -0.261. The van der Waals surface area contributed by atoms with Gasteiger partial charge in [-0.05, 0) is 53.4 Å². The molecule has 1 saturated heterocycles. The van der Waals surface area contributed by atoms with Crippen molar-refractivity contribution in [2.24, 2.45) is 0 Å². The highest BCUT2D eigenvalue weighted by molar-refractivity contribution is 7.92. The summed E-state index contributed by atoms with van der Waals surface area (Å²) in [4.78, 5) is 0.157. The molecule has 0 amide bonds. The first-order valence-electron chi connectivity index (χ1n) is 19.3. The van der Waals surface area contributed by atoms with Crippen LogP contribution in [-0.2, 0) is 60.1 Å². The Kier molecular flexibility index (Phi) is 14.2. The first-order chi connectivity index (χ1) is 28.4. The molecule has 1 aliphatic rings. The number of para-hydroxylation sites is 1. The maximum absolute atomic E-state index is 13.5. The predicted molar refractivity (Wildman–Crippen MR) is 225 cm³/mol. The number of benzene rings is 6. The molecule has 1 heterocycles. The summed E-state index contributed by atoms with van der Waals surface area (Å²) >= 11 is 0. The summed E-state index contributed by atoms with van der Waals surface area (Å²) in [6.45, 7) is 3.35. The number of hydrogen-bond acceptors (Lipinski definition) is 7. The van der Waals surface area contributed by atoms with Gasteiger partial charge in [0, 0.05) is 5.56 Å². The van der Waals surface area contributed by atoms with Crippen molar-refractivity contribution in [2.75, 3.05) is 11.3 Å². The Hall–Kier alpha value is -5.57. The van der Waals surface area contributed by atoms with Crippen molar-refractivity contribution in [3.63, 3.8) is 0 Å². The van der Waals surface area contributed by atoms with Gasteiger partial charge in [-0.3, -0.25) is 4.72 Å². The molecule has 1 fully saturated rings. The van der Waals surface area contributed by atoms with E-state index in [1.54, 1.807) is 42.5 Å². The van der Waals surface area contributed by atoms with Crippen LogP contribution in [0.2, 0.25) is 0 Å². The summed E-state index contributed by atoms with van der Waals surface area (Å²) in [6.07, 6.45) is -3.43. The maximum Gasteiger partial charge on any atom is 0.261 e. The van der Waals surface area contributed by atoms with Crippen molar-refractivity contribution in [1.82, 2.24) is 0 Å². The third kappa shape index (κ3) is 11.3. The molecule has 0 unspecified atom stereocenters. The second-order valence-corrected chi connectivity index (χ2v) is 15.8. The van der Waals surface area contributed by atoms with E-state index >= 15 is 0 Å². The lowest BCUT2D eigenvalue weighted by Gasteiger charge is -2.45. The van der Waals surface area contributed by atoms with Gasteiger partial charge >= 0.3 is 0 Å². The monoisotopic (exact) mass is 793 g/mol. The summed E-state index contributed by atoms with van der Waals surface area (Å²) in [5, 5.41) is 0. The van der Waals surface area contributed by atoms with Crippen molar-refractivity contribution >= 4 is 15.7 Å². The molecular formula is C49H47NO7S. The quantitative estimate of drug-likeness (QED) is 0.0980. The van der Waals surface area contributed by atoms with E-state index in [1.807, 2.05) is 134 Å². The van der Waals surface area contributed by atoms with Gasteiger partial charge in [0.25, 0.3) is 10.0 Å². The van der Waals surface area contributed by atoms with Crippen LogP contribution in [0.1, 0.15) is 33.4 Å². The summed E-state index contributed by atoms with van der Waals surface area (Å²) in [7, 11) is -3.89. The third-order valence-electron chi connectivity index (χ3n) is 9.74. The summed E-state index contributed by atoms with van der Waals surface area (Å²) in [6, 6.07) is 53.6. The third-order valence-corrected chi connectivity index (χ3v) is 11.1. The van der Waals surface area contributed by atoms with E-state index in [9.17, 15) is 8.42 Å². The van der Waals surface area contributed by atoms with E-state index in [1.165, 1.54) is 0 Å². The van der Waals surface area contributed by atoms with E-state index in [-0.39, 0.29) is 18.1 Å². The SMILES string of the molecule is Cc1ccc(S(=O)(=O)Nc2ccccc2C#C[C@@H]2O[C@H](COCc3ccccc3)[C@@H](OCc3ccccc3)[C@H](OCc3ccccc3)[C@H]2OCc2ccccc2)cc1. The molecule has 0 aromatic heterocycles. The molecular weight excluding hydrogens is 747 g/mol. The minimum Gasteiger partial charge on any atom is -0.374 e. The highest BCUT2D eigenvalue weighted by Gasteiger charge is 2.48. The van der Waals surface area contributed by atoms with Gasteiger partial charge in [-0.1, -0.05) is 163 Å². The largest absolute Gasteiger partial charge is 0.374 e. The predicted octanol–water partition coefficient (Wildman–Crippen LogP) is 8.89. The van der Waals surface area contributed by atoms with Crippen molar-refractivity contribution in [2.45, 2.75) is 68.8 Å². The topological polar surface area (TPSA) is 92.3 Å². The average Bonchev–Trinajstić information content (AvgIpc) is 3.26. The lowest BCUT2D eigenvalue weighted by atomic mass is 9.93. The first-order valence-corrected chi connectivity index (χ1v) is 20.8. The van der Waals surface area contributed by atoms with Crippen LogP contribution in [0, 0.1) is 18.8 Å². The fourth-order valence-electron chi connectivity index (χ4n) is 6.66. The summed E-state index contributed by atoms with van der Waals surface area (Å²) < 4.78 is 63.3. The fraction of sp³-hybridized carbons (Fsp3) is 0.224. The Bertz CT molecular complexity index is 2330. The van der Waals surface area contributed by atoms with Gasteiger partial charge in [0.2, 0.25) is 0 Å². The number of nitrogens with one attached hydrogen (secondary N) is 1. The van der Waals surface area contributed by atoms with Gasteiger partial charge in [0.05, 0.1) is 43.6 Å². The average molecular weight is 794 g/mol. The van der Waals surface area contributed by atoms with E-state index in [0.29, 0.717) is 31.1 Å². The molecule has 58 heavy (non-hydrogen) atoms. The van der Waals surface area contributed by atoms with Crippen molar-refractivity contribution < 1.29 is 32.1 Å². The molecule has 6 aromatic rings. The summed E-state index contributed by atoms with van der Waals surface area (Å²) in [5.41, 5.74) is 5.78. The zero-order chi connectivity index (χ0) is 40.0. The zero-order valence-corrected chi connectivity index (χ0v) is 33.2. The molecule has 0 radical (unpaired) electrons. The van der Waals surface area contributed by atoms with E-state index in [4.69, 9.17) is 23.7 Å². The normalized spacial score (nSPS) is 19.2. The van der Waals surface area contributed by atoms with Gasteiger partial charge in [-0.15, -0.1) is 0 Å². The van der Waals surface area contributed by atoms with Crippen LogP contribution < -0.4 is 4.72 Å². The molecule has 0 spiro atoms. The Morgan fingerprint density at radius 1 is 0.552 bits per heavy atom. The maximum atomic E-state index is 13.5. The fourth-order valence-corrected chi connectivity index (χ4v) is 7.74. The van der Waals surface area contributed by atoms with Gasteiger partial charge in [0.15, 0.2) is 0 Å². The standard InChI is InChI=1S/C49H47NO7S/c1-37-26-29-43(30-27-37)58(51,52)50-44-25-15-14-24-42(44)28-31-45-47(54-33-39-18-8-3-9-19-39)49(56-35-41-22-12-5-13-23-41)48(55-34-40-20-10-4-11-21-40)46(57-45)36-53-32-38-16-6-2-7-17-38/h2-27,29-30,45-50H,32-36H2,1H3/t45-,46+,47-,48+,49+/m0/s1. The number of anilines is 1. The molecule has 9 heteroatoms. The first kappa shape index (κ1) is 40.6. The Morgan fingerprint density at radius 3 is 1.57 bits per heavy atom. The summed E-state index contributed by atoms with van der Waals surface area (Å²) in [5.74, 6) is 6.58. The van der Waals surface area contributed by atoms with E-state index in [0.717, 1.165) is 27.8 Å². The van der Waals surface area contributed by atoms with Crippen LogP contribution in [0.3, 0.4) is 0 Å². The van der Waals surface area contributed by atoms with Crippen LogP contribution in [0.25, 0.3) is 0 Å². The van der Waals surface area contributed by atoms with Crippen molar-refractivity contribution in [3.05, 3.63) is 203 Å². The minimum atomic E-state index is -3.89. The van der Waals surface area contributed by atoms with Crippen LogP contribution in [-0.4, -0.2) is 45.5 Å². The molecule has 0 bridgehead atoms. The number of aryl methyl sites for hydroxylation is 1. The molecule has 6 aromatic carbocycles. The van der Waals surface area contributed by atoms with Crippen LogP contribution >= 0.6 is 0 Å². The van der Waals surface area contributed by atoms with Gasteiger partial charge in [-0.2, -0.15) is 0 Å². The smallest absolute Gasteiger partial charge is 0.261 e. The molecule has 8 nitrogen and oxygen atoms in total. The van der Waals surface area contributed by atoms with Gasteiger partial charge < -0.3 is 23.7 Å². The molecule has 1 N–H and O–H groups in total. The molecule has 7 rings (SSSR count). The second-order valence-electron chi connectivity index (χ2n) is 14.1. The highest BCUT2D eigenvalue weighted by Crippen LogP contribution is 2.31. The highest BCUT2D eigenvalue weighted by atomic mass is 32.2. The van der Waals surface area contributed by atoms with Gasteiger partial charge in [-0.25, -0.2) is 8.42 Å². The molecule has 1 aliphatic heterocycles.